The summed E-state index contributed by atoms with van der Waals surface area (Å²) in [6.45, 7) is 0. The highest BCUT2D eigenvalue weighted by molar-refractivity contribution is 5.72. The zero-order valence-electron chi connectivity index (χ0n) is 8.75. The zero-order valence-corrected chi connectivity index (χ0v) is 8.75. The van der Waals surface area contributed by atoms with Crippen molar-refractivity contribution in [2.45, 2.75) is 6.42 Å². The second-order valence-electron chi connectivity index (χ2n) is 3.10. The van der Waals surface area contributed by atoms with E-state index in [1.54, 1.807) is 24.3 Å². The van der Waals surface area contributed by atoms with Crippen molar-refractivity contribution in [1.29, 1.82) is 0 Å². The third-order valence-corrected chi connectivity index (χ3v) is 1.92. The lowest BCUT2D eigenvalue weighted by molar-refractivity contribution is -0.400. The molecule has 0 aliphatic carbocycles. The molecule has 0 spiro atoms. The molecule has 84 valence electrons. The molecule has 16 heavy (non-hydrogen) atoms. The van der Waals surface area contributed by atoms with Gasteiger partial charge in [-0.05, 0) is 11.1 Å². The summed E-state index contributed by atoms with van der Waals surface area (Å²) in [4.78, 5) is 20.6. The summed E-state index contributed by atoms with van der Waals surface area (Å²) in [5.74, 6) is -0.338. The fourth-order valence-corrected chi connectivity index (χ4v) is 1.19. The molecule has 0 fully saturated rings. The number of esters is 1. The molecule has 0 saturated carbocycles. The molecule has 0 heterocycles. The van der Waals surface area contributed by atoms with Crippen molar-refractivity contribution in [3.8, 4) is 0 Å². The number of nitrogens with zero attached hydrogens (tertiary/aromatic N) is 1. The second kappa shape index (κ2) is 5.65. The molecule has 0 atom stereocenters. The van der Waals surface area contributed by atoms with Gasteiger partial charge in [0.1, 0.15) is 0 Å². The van der Waals surface area contributed by atoms with Gasteiger partial charge in [0.2, 0.25) is 6.20 Å². The molecule has 1 aromatic rings. The number of carbonyl (C=O) groups excluding carboxylic acids is 1. The molecule has 0 aliphatic rings. The van der Waals surface area contributed by atoms with Gasteiger partial charge in [0.25, 0.3) is 0 Å². The highest BCUT2D eigenvalue weighted by atomic mass is 16.6. The van der Waals surface area contributed by atoms with Crippen LogP contribution in [0.25, 0.3) is 6.08 Å². The Balaban J connectivity index is 2.78. The SMILES string of the molecule is COC(=O)Cc1cccc(/C=C/[N+](=O)[O-])c1. The van der Waals surface area contributed by atoms with Crippen molar-refractivity contribution < 1.29 is 14.5 Å². The van der Waals surface area contributed by atoms with E-state index in [0.29, 0.717) is 5.56 Å². The highest BCUT2D eigenvalue weighted by Gasteiger charge is 2.02. The maximum atomic E-state index is 11.0. The lowest BCUT2D eigenvalue weighted by atomic mass is 10.1. The van der Waals surface area contributed by atoms with Gasteiger partial charge in [0.15, 0.2) is 0 Å². The first-order valence-corrected chi connectivity index (χ1v) is 4.59. The molecule has 0 amide bonds. The first-order valence-electron chi connectivity index (χ1n) is 4.59. The topological polar surface area (TPSA) is 69.4 Å². The fraction of sp³-hybridized carbons (Fsp3) is 0.182. The van der Waals surface area contributed by atoms with Gasteiger partial charge in [-0.2, -0.15) is 0 Å². The van der Waals surface area contributed by atoms with Gasteiger partial charge in [0, 0.05) is 6.08 Å². The highest BCUT2D eigenvalue weighted by Crippen LogP contribution is 2.08. The monoisotopic (exact) mass is 221 g/mol. The molecular weight excluding hydrogens is 210 g/mol. The summed E-state index contributed by atoms with van der Waals surface area (Å²) >= 11 is 0. The van der Waals surface area contributed by atoms with Crippen molar-refractivity contribution in [1.82, 2.24) is 0 Å². The summed E-state index contributed by atoms with van der Waals surface area (Å²) in [5.41, 5.74) is 1.44. The Morgan fingerprint density at radius 1 is 1.56 bits per heavy atom. The van der Waals surface area contributed by atoms with E-state index in [1.807, 2.05) is 0 Å². The fourth-order valence-electron chi connectivity index (χ4n) is 1.19. The van der Waals surface area contributed by atoms with Crippen LogP contribution in [0.3, 0.4) is 0 Å². The van der Waals surface area contributed by atoms with Gasteiger partial charge in [0.05, 0.1) is 18.5 Å². The molecule has 1 rings (SSSR count). The van der Waals surface area contributed by atoms with Gasteiger partial charge in [-0.3, -0.25) is 14.9 Å². The van der Waals surface area contributed by atoms with Gasteiger partial charge >= 0.3 is 5.97 Å². The summed E-state index contributed by atoms with van der Waals surface area (Å²) in [5, 5.41) is 10.1. The standard InChI is InChI=1S/C11H11NO4/c1-16-11(13)8-10-4-2-3-9(7-10)5-6-12(14)15/h2-7H,8H2,1H3/b6-5+. The summed E-state index contributed by atoms with van der Waals surface area (Å²) in [6, 6.07) is 6.93. The molecule has 0 unspecified atom stereocenters. The van der Waals surface area contributed by atoms with Crippen molar-refractivity contribution in [3.63, 3.8) is 0 Å². The van der Waals surface area contributed by atoms with Crippen LogP contribution in [0.2, 0.25) is 0 Å². The lowest BCUT2D eigenvalue weighted by Crippen LogP contribution is -2.04. The van der Waals surface area contributed by atoms with Crippen LogP contribution in [0.5, 0.6) is 0 Å². The van der Waals surface area contributed by atoms with Gasteiger partial charge in [-0.15, -0.1) is 0 Å². The van der Waals surface area contributed by atoms with E-state index in [9.17, 15) is 14.9 Å². The predicted molar refractivity (Wildman–Crippen MR) is 58.2 cm³/mol. The smallest absolute Gasteiger partial charge is 0.309 e. The third-order valence-electron chi connectivity index (χ3n) is 1.92. The number of methoxy groups -OCH3 is 1. The number of carbonyl (C=O) groups is 1. The van der Waals surface area contributed by atoms with Crippen LogP contribution in [0.15, 0.2) is 30.5 Å². The molecule has 0 aromatic heterocycles. The van der Waals surface area contributed by atoms with Crippen molar-refractivity contribution in [3.05, 3.63) is 51.7 Å². The van der Waals surface area contributed by atoms with Crippen LogP contribution < -0.4 is 0 Å². The number of ether oxygens (including phenoxy) is 1. The van der Waals surface area contributed by atoms with Crippen LogP contribution >= 0.6 is 0 Å². The Morgan fingerprint density at radius 3 is 2.94 bits per heavy atom. The van der Waals surface area contributed by atoms with E-state index in [2.05, 4.69) is 4.74 Å². The lowest BCUT2D eigenvalue weighted by Gasteiger charge is -2.00. The third kappa shape index (κ3) is 3.91. The Kier molecular flexibility index (Phi) is 4.20. The van der Waals surface area contributed by atoms with E-state index in [-0.39, 0.29) is 12.4 Å². The van der Waals surface area contributed by atoms with E-state index in [4.69, 9.17) is 0 Å². The quantitative estimate of drug-likeness (QED) is 0.440. The molecule has 5 nitrogen and oxygen atoms in total. The molecule has 0 aliphatic heterocycles. The minimum absolute atomic E-state index is 0.163. The van der Waals surface area contributed by atoms with E-state index in [0.717, 1.165) is 11.8 Å². The average Bonchev–Trinajstić information content (AvgIpc) is 2.26. The number of nitro groups is 1. The minimum atomic E-state index is -0.535. The maximum absolute atomic E-state index is 11.0. The van der Waals surface area contributed by atoms with Crippen molar-refractivity contribution >= 4 is 12.0 Å². The molecule has 5 heteroatoms. The summed E-state index contributed by atoms with van der Waals surface area (Å²) in [7, 11) is 1.32. The Bertz CT molecular complexity index is 426. The first-order chi connectivity index (χ1) is 7.61. The molecule has 1 aromatic carbocycles. The summed E-state index contributed by atoms with van der Waals surface area (Å²) in [6.07, 6.45) is 2.40. The van der Waals surface area contributed by atoms with E-state index >= 15 is 0 Å². The average molecular weight is 221 g/mol. The van der Waals surface area contributed by atoms with Crippen LogP contribution in [-0.2, 0) is 16.0 Å². The normalized spacial score (nSPS) is 10.3. The molecular formula is C11H11NO4. The minimum Gasteiger partial charge on any atom is -0.469 e. The Morgan fingerprint density at radius 2 is 2.31 bits per heavy atom. The van der Waals surface area contributed by atoms with E-state index < -0.39 is 4.92 Å². The predicted octanol–water partition coefficient (Wildman–Crippen LogP) is 1.65. The van der Waals surface area contributed by atoms with Gasteiger partial charge in [-0.25, -0.2) is 0 Å². The second-order valence-corrected chi connectivity index (χ2v) is 3.10. The zero-order chi connectivity index (χ0) is 12.0. The van der Waals surface area contributed by atoms with Crippen molar-refractivity contribution in [2.24, 2.45) is 0 Å². The number of hydrogen-bond donors (Lipinski definition) is 0. The molecule has 0 saturated heterocycles. The first kappa shape index (κ1) is 11.9. The van der Waals surface area contributed by atoms with Gasteiger partial charge in [-0.1, -0.05) is 24.3 Å². The van der Waals surface area contributed by atoms with Crippen molar-refractivity contribution in [2.75, 3.05) is 7.11 Å². The number of rotatable bonds is 4. The van der Waals surface area contributed by atoms with E-state index in [1.165, 1.54) is 13.2 Å². The number of hydrogen-bond acceptors (Lipinski definition) is 4. The molecule has 0 radical (unpaired) electrons. The maximum Gasteiger partial charge on any atom is 0.309 e. The molecule has 0 bridgehead atoms. The largest absolute Gasteiger partial charge is 0.469 e. The van der Waals surface area contributed by atoms with Crippen LogP contribution in [0, 0.1) is 10.1 Å². The Labute approximate surface area is 92.5 Å². The Hall–Kier alpha value is -2.17. The van der Waals surface area contributed by atoms with Gasteiger partial charge < -0.3 is 4.74 Å². The molecule has 0 N–H and O–H groups in total. The van der Waals surface area contributed by atoms with Crippen LogP contribution in [0.1, 0.15) is 11.1 Å². The van der Waals surface area contributed by atoms with Crippen LogP contribution in [0.4, 0.5) is 0 Å². The summed E-state index contributed by atoms with van der Waals surface area (Å²) < 4.78 is 4.53. The van der Waals surface area contributed by atoms with Crippen LogP contribution in [-0.4, -0.2) is 18.0 Å². The number of benzene rings is 1.